The average molecular weight is 218 g/mol. The van der Waals surface area contributed by atoms with Crippen molar-refractivity contribution in [3.05, 3.63) is 34.1 Å². The van der Waals surface area contributed by atoms with Crippen LogP contribution in [-0.2, 0) is 4.79 Å². The van der Waals surface area contributed by atoms with Crippen molar-refractivity contribution in [2.45, 2.75) is 0 Å². The molecule has 1 N–H and O–H groups in total. The summed E-state index contributed by atoms with van der Waals surface area (Å²) in [5.41, 5.74) is 0.522. The van der Waals surface area contributed by atoms with Crippen LogP contribution in [0.25, 0.3) is 6.08 Å². The number of carboxylic acids is 1. The second kappa shape index (κ2) is 4.25. The Morgan fingerprint density at radius 1 is 1.46 bits per heavy atom. The van der Waals surface area contributed by atoms with E-state index in [0.29, 0.717) is 5.56 Å². The summed E-state index contributed by atoms with van der Waals surface area (Å²) in [5, 5.41) is 8.80. The second-order valence-corrected chi connectivity index (χ2v) is 2.93. The van der Waals surface area contributed by atoms with Crippen LogP contribution in [0, 0.1) is 0 Å². The van der Waals surface area contributed by atoms with Crippen molar-refractivity contribution in [1.29, 1.82) is 0 Å². The summed E-state index contributed by atoms with van der Waals surface area (Å²) in [6.45, 7) is 0. The van der Waals surface area contributed by atoms with Gasteiger partial charge in [-0.05, 0) is 18.2 Å². The van der Waals surface area contributed by atoms with E-state index in [1.165, 1.54) is 12.1 Å². The van der Waals surface area contributed by atoms with Gasteiger partial charge in [-0.3, -0.25) is 0 Å². The summed E-state index contributed by atoms with van der Waals surface area (Å²) in [5.74, 6) is -1.04. The molecule has 0 saturated heterocycles. The van der Waals surface area contributed by atoms with Gasteiger partial charge in [0.1, 0.15) is 10.3 Å². The first-order valence-corrected chi connectivity index (χ1v) is 4.08. The normalized spacial score (nSPS) is 10.6. The molecular formula is C8H5Cl2NO2. The van der Waals surface area contributed by atoms with Gasteiger partial charge in [-0.25, -0.2) is 9.78 Å². The smallest absolute Gasteiger partial charge is 0.328 e. The van der Waals surface area contributed by atoms with Gasteiger partial charge in [0.25, 0.3) is 0 Å². The van der Waals surface area contributed by atoms with Crippen LogP contribution in [-0.4, -0.2) is 16.1 Å². The maximum absolute atomic E-state index is 10.2. The molecule has 0 aliphatic rings. The Morgan fingerprint density at radius 3 is 2.69 bits per heavy atom. The largest absolute Gasteiger partial charge is 0.478 e. The van der Waals surface area contributed by atoms with Gasteiger partial charge in [0, 0.05) is 11.6 Å². The van der Waals surface area contributed by atoms with Crippen molar-refractivity contribution in [2.75, 3.05) is 0 Å². The molecule has 0 unspecified atom stereocenters. The van der Waals surface area contributed by atoms with Gasteiger partial charge in [0.2, 0.25) is 0 Å². The van der Waals surface area contributed by atoms with Gasteiger partial charge < -0.3 is 5.11 Å². The Balaban J connectivity index is 2.96. The minimum Gasteiger partial charge on any atom is -0.478 e. The SMILES string of the molecule is O=C(O)C=Cc1ccc(Cl)nc1Cl. The van der Waals surface area contributed by atoms with Gasteiger partial charge in [0.05, 0.1) is 0 Å². The van der Waals surface area contributed by atoms with E-state index >= 15 is 0 Å². The van der Waals surface area contributed by atoms with Crippen LogP contribution >= 0.6 is 23.2 Å². The lowest BCUT2D eigenvalue weighted by Crippen LogP contribution is -1.87. The molecule has 1 aromatic heterocycles. The first kappa shape index (κ1) is 10.0. The zero-order valence-corrected chi connectivity index (χ0v) is 7.88. The molecule has 68 valence electrons. The third-order valence-corrected chi connectivity index (χ3v) is 1.76. The number of hydrogen-bond donors (Lipinski definition) is 1. The molecule has 0 bridgehead atoms. The zero-order valence-electron chi connectivity index (χ0n) is 6.37. The molecule has 0 aliphatic carbocycles. The minimum atomic E-state index is -1.04. The Bertz CT molecular complexity index is 363. The molecule has 0 atom stereocenters. The van der Waals surface area contributed by atoms with Crippen molar-refractivity contribution in [1.82, 2.24) is 4.98 Å². The highest BCUT2D eigenvalue weighted by atomic mass is 35.5. The van der Waals surface area contributed by atoms with Crippen LogP contribution in [0.1, 0.15) is 5.56 Å². The van der Waals surface area contributed by atoms with Crippen molar-refractivity contribution < 1.29 is 9.90 Å². The molecule has 0 amide bonds. The van der Waals surface area contributed by atoms with E-state index in [1.807, 2.05) is 0 Å². The van der Waals surface area contributed by atoms with Crippen LogP contribution in [0.15, 0.2) is 18.2 Å². The van der Waals surface area contributed by atoms with Crippen LogP contribution in [0.2, 0.25) is 10.3 Å². The summed E-state index contributed by atoms with van der Waals surface area (Å²) in [7, 11) is 0. The quantitative estimate of drug-likeness (QED) is 0.612. The highest BCUT2D eigenvalue weighted by Crippen LogP contribution is 2.17. The zero-order chi connectivity index (χ0) is 9.84. The lowest BCUT2D eigenvalue weighted by molar-refractivity contribution is -0.131. The summed E-state index contributed by atoms with van der Waals surface area (Å²) >= 11 is 11.2. The fourth-order valence-electron chi connectivity index (χ4n) is 0.708. The van der Waals surface area contributed by atoms with Crippen LogP contribution in [0.3, 0.4) is 0 Å². The van der Waals surface area contributed by atoms with E-state index in [1.54, 1.807) is 6.07 Å². The van der Waals surface area contributed by atoms with E-state index in [0.717, 1.165) is 6.08 Å². The number of hydrogen-bond acceptors (Lipinski definition) is 2. The summed E-state index contributed by atoms with van der Waals surface area (Å²) < 4.78 is 0. The van der Waals surface area contributed by atoms with E-state index in [-0.39, 0.29) is 10.3 Å². The highest BCUT2D eigenvalue weighted by molar-refractivity contribution is 6.33. The van der Waals surface area contributed by atoms with Crippen LogP contribution in [0.5, 0.6) is 0 Å². The number of aromatic nitrogens is 1. The topological polar surface area (TPSA) is 50.2 Å². The number of carbonyl (C=O) groups is 1. The number of rotatable bonds is 2. The van der Waals surface area contributed by atoms with Gasteiger partial charge >= 0.3 is 5.97 Å². The summed E-state index contributed by atoms with van der Waals surface area (Å²) in [6, 6.07) is 3.13. The molecule has 13 heavy (non-hydrogen) atoms. The third kappa shape index (κ3) is 3.05. The Kier molecular flexibility index (Phi) is 3.28. The number of halogens is 2. The van der Waals surface area contributed by atoms with Gasteiger partial charge in [-0.15, -0.1) is 0 Å². The van der Waals surface area contributed by atoms with Crippen molar-refractivity contribution in [3.63, 3.8) is 0 Å². The predicted octanol–water partition coefficient (Wildman–Crippen LogP) is 2.49. The van der Waals surface area contributed by atoms with Crippen molar-refractivity contribution in [2.24, 2.45) is 0 Å². The Hall–Kier alpha value is -1.06. The number of aliphatic carboxylic acids is 1. The molecule has 3 nitrogen and oxygen atoms in total. The van der Waals surface area contributed by atoms with Crippen LogP contribution < -0.4 is 0 Å². The maximum Gasteiger partial charge on any atom is 0.328 e. The van der Waals surface area contributed by atoms with E-state index in [2.05, 4.69) is 4.98 Å². The van der Waals surface area contributed by atoms with Crippen LogP contribution in [0.4, 0.5) is 0 Å². The molecule has 0 spiro atoms. The van der Waals surface area contributed by atoms with Gasteiger partial charge in [-0.1, -0.05) is 23.2 Å². The van der Waals surface area contributed by atoms with Gasteiger partial charge in [-0.2, -0.15) is 0 Å². The molecule has 1 heterocycles. The van der Waals surface area contributed by atoms with Crippen molar-refractivity contribution in [3.8, 4) is 0 Å². The van der Waals surface area contributed by atoms with E-state index < -0.39 is 5.97 Å². The highest BCUT2D eigenvalue weighted by Gasteiger charge is 1.99. The molecule has 0 fully saturated rings. The molecule has 1 rings (SSSR count). The minimum absolute atomic E-state index is 0.185. The first-order valence-electron chi connectivity index (χ1n) is 3.32. The molecular weight excluding hydrogens is 213 g/mol. The number of nitrogens with zero attached hydrogens (tertiary/aromatic N) is 1. The molecule has 0 aromatic carbocycles. The fraction of sp³-hybridized carbons (Fsp3) is 0. The van der Waals surface area contributed by atoms with E-state index in [9.17, 15) is 4.79 Å². The fourth-order valence-corrected chi connectivity index (χ4v) is 1.12. The monoisotopic (exact) mass is 217 g/mol. The van der Waals surface area contributed by atoms with Crippen molar-refractivity contribution >= 4 is 35.2 Å². The molecule has 1 aromatic rings. The number of carboxylic acid groups (broad SMARTS) is 1. The molecule has 5 heteroatoms. The molecule has 0 radical (unpaired) electrons. The first-order chi connectivity index (χ1) is 6.09. The molecule has 0 aliphatic heterocycles. The lowest BCUT2D eigenvalue weighted by atomic mass is 10.2. The predicted molar refractivity (Wildman–Crippen MR) is 50.9 cm³/mol. The Labute approximate surface area is 84.6 Å². The van der Waals surface area contributed by atoms with E-state index in [4.69, 9.17) is 28.3 Å². The summed E-state index contributed by atoms with van der Waals surface area (Å²) in [4.78, 5) is 13.9. The molecule has 0 saturated carbocycles. The van der Waals surface area contributed by atoms with Gasteiger partial charge in [0.15, 0.2) is 0 Å². The summed E-state index contributed by atoms with van der Waals surface area (Å²) in [6.07, 6.45) is 2.34. The average Bonchev–Trinajstić information content (AvgIpc) is 2.02. The lowest BCUT2D eigenvalue weighted by Gasteiger charge is -1.96. The standard InChI is InChI=1S/C8H5Cl2NO2/c9-6-3-1-5(8(10)11-6)2-4-7(12)13/h1-4H,(H,12,13). The maximum atomic E-state index is 10.2. The third-order valence-electron chi connectivity index (χ3n) is 1.25. The Morgan fingerprint density at radius 2 is 2.15 bits per heavy atom. The number of pyridine rings is 1. The second-order valence-electron chi connectivity index (χ2n) is 2.19.